The summed E-state index contributed by atoms with van der Waals surface area (Å²) in [6.45, 7) is 6.65. The molecule has 0 unspecified atom stereocenters. The summed E-state index contributed by atoms with van der Waals surface area (Å²) in [7, 11) is 1.33. The maximum absolute atomic E-state index is 12.8. The molecule has 0 fully saturated rings. The average molecular weight is 457 g/mol. The van der Waals surface area contributed by atoms with Crippen LogP contribution in [0, 0.1) is 30.9 Å². The molecule has 11 nitrogen and oxygen atoms in total. The van der Waals surface area contributed by atoms with Crippen molar-refractivity contribution in [3.63, 3.8) is 0 Å². The quantitative estimate of drug-likeness (QED) is 0.204. The normalized spacial score (nSPS) is 10.7. The Morgan fingerprint density at radius 2 is 1.85 bits per heavy atom. The van der Waals surface area contributed by atoms with Gasteiger partial charge in [-0.2, -0.15) is 0 Å². The van der Waals surface area contributed by atoms with Crippen LogP contribution in [-0.4, -0.2) is 46.7 Å². The summed E-state index contributed by atoms with van der Waals surface area (Å²) >= 11 is 0. The molecule has 0 atom stereocenters. The minimum Gasteiger partial charge on any atom is -0.493 e. The summed E-state index contributed by atoms with van der Waals surface area (Å²) in [4.78, 5) is 36.1. The molecule has 0 spiro atoms. The van der Waals surface area contributed by atoms with E-state index < -0.39 is 29.0 Å². The van der Waals surface area contributed by atoms with Gasteiger partial charge in [0.25, 0.3) is 5.69 Å². The van der Waals surface area contributed by atoms with Crippen LogP contribution in [0.4, 0.5) is 5.69 Å². The third-order valence-electron chi connectivity index (χ3n) is 4.91. The molecule has 0 aliphatic carbocycles. The van der Waals surface area contributed by atoms with Gasteiger partial charge in [0.05, 0.1) is 24.7 Å². The lowest BCUT2D eigenvalue weighted by atomic mass is 10.1. The summed E-state index contributed by atoms with van der Waals surface area (Å²) in [6, 6.07) is 5.63. The van der Waals surface area contributed by atoms with Crippen LogP contribution in [0.5, 0.6) is 11.5 Å². The number of nitro groups is 1. The zero-order valence-electron chi connectivity index (χ0n) is 18.8. The highest BCUT2D eigenvalue weighted by Crippen LogP contribution is 2.35. The number of Topliss-reactive ketones (excluding diaryl/α,β-unsaturated/α-hetero) is 1. The number of carbonyl (C=O) groups is 2. The van der Waals surface area contributed by atoms with Gasteiger partial charge in [0.15, 0.2) is 23.9 Å². The van der Waals surface area contributed by atoms with Crippen molar-refractivity contribution in [3.05, 3.63) is 62.7 Å². The van der Waals surface area contributed by atoms with Crippen LogP contribution >= 0.6 is 0 Å². The summed E-state index contributed by atoms with van der Waals surface area (Å²) < 4.78 is 22.4. The van der Waals surface area contributed by atoms with Gasteiger partial charge in [0.1, 0.15) is 11.3 Å². The van der Waals surface area contributed by atoms with Crippen LogP contribution in [0.2, 0.25) is 0 Å². The molecule has 3 aromatic rings. The van der Waals surface area contributed by atoms with Crippen molar-refractivity contribution < 1.29 is 33.2 Å². The molecule has 0 amide bonds. The van der Waals surface area contributed by atoms with Crippen molar-refractivity contribution in [2.24, 2.45) is 0 Å². The van der Waals surface area contributed by atoms with Crippen molar-refractivity contribution in [2.45, 2.75) is 27.7 Å². The predicted octanol–water partition coefficient (Wildman–Crippen LogP) is 3.75. The maximum Gasteiger partial charge on any atom is 0.345 e. The van der Waals surface area contributed by atoms with Crippen molar-refractivity contribution >= 4 is 17.4 Å². The number of nitrogens with zero attached hydrogens (tertiary/aromatic N) is 3. The number of hydrogen-bond donors (Lipinski definition) is 0. The second-order valence-electron chi connectivity index (χ2n) is 7.13. The molecule has 3 rings (SSSR count). The van der Waals surface area contributed by atoms with Crippen molar-refractivity contribution in [1.29, 1.82) is 0 Å². The van der Waals surface area contributed by atoms with Crippen LogP contribution in [0.1, 0.15) is 44.8 Å². The Hall–Kier alpha value is -4.15. The van der Waals surface area contributed by atoms with E-state index in [4.69, 9.17) is 18.7 Å². The van der Waals surface area contributed by atoms with Crippen LogP contribution in [0.3, 0.4) is 0 Å². The van der Waals surface area contributed by atoms with Crippen LogP contribution in [-0.2, 0) is 4.74 Å². The largest absolute Gasteiger partial charge is 0.493 e. The van der Waals surface area contributed by atoms with E-state index in [-0.39, 0.29) is 23.7 Å². The topological polar surface area (TPSA) is 136 Å². The van der Waals surface area contributed by atoms with Crippen molar-refractivity contribution in [3.8, 4) is 17.3 Å². The van der Waals surface area contributed by atoms with Gasteiger partial charge in [-0.15, -0.1) is 0 Å². The number of ketones is 1. The van der Waals surface area contributed by atoms with Crippen molar-refractivity contribution in [1.82, 2.24) is 9.72 Å². The highest BCUT2D eigenvalue weighted by molar-refractivity contribution is 6.01. The number of rotatable bonds is 9. The third kappa shape index (κ3) is 4.71. The standard InChI is InChI=1S/C22H23N3O8/c1-6-31-20-9-16(17(25(28)29)10-19(20)30-5)22(27)32-11-18(26)15-7-12(2)24(14(15)4)21-8-13(3)33-23-21/h7-10H,6,11H2,1-5H3. The minimum atomic E-state index is -1.03. The highest BCUT2D eigenvalue weighted by Gasteiger charge is 2.27. The minimum absolute atomic E-state index is 0.103. The smallest absolute Gasteiger partial charge is 0.345 e. The first-order valence-electron chi connectivity index (χ1n) is 10.00. The second kappa shape index (κ2) is 9.55. The second-order valence-corrected chi connectivity index (χ2v) is 7.13. The van der Waals surface area contributed by atoms with Gasteiger partial charge < -0.3 is 18.7 Å². The molecule has 0 radical (unpaired) electrons. The lowest BCUT2D eigenvalue weighted by Crippen LogP contribution is -2.16. The summed E-state index contributed by atoms with van der Waals surface area (Å²) in [5.41, 5.74) is 0.798. The number of aryl methyl sites for hydroxylation is 2. The molecule has 0 saturated heterocycles. The third-order valence-corrected chi connectivity index (χ3v) is 4.91. The molecule has 0 saturated carbocycles. The van der Waals surface area contributed by atoms with Crippen molar-refractivity contribution in [2.75, 3.05) is 20.3 Å². The molecule has 2 heterocycles. The van der Waals surface area contributed by atoms with Gasteiger partial charge in [-0.1, -0.05) is 5.16 Å². The maximum atomic E-state index is 12.8. The van der Waals surface area contributed by atoms with Gasteiger partial charge in [0.2, 0.25) is 5.78 Å². The number of carbonyl (C=O) groups excluding carboxylic acids is 2. The molecule has 0 aliphatic heterocycles. The molecular weight excluding hydrogens is 434 g/mol. The lowest BCUT2D eigenvalue weighted by Gasteiger charge is -2.11. The first kappa shape index (κ1) is 23.5. The van der Waals surface area contributed by atoms with E-state index in [1.165, 1.54) is 13.2 Å². The number of hydrogen-bond acceptors (Lipinski definition) is 9. The Balaban J connectivity index is 1.83. The summed E-state index contributed by atoms with van der Waals surface area (Å²) in [6.07, 6.45) is 0. The van der Waals surface area contributed by atoms with E-state index in [0.717, 1.165) is 11.8 Å². The number of aromatic nitrogens is 2. The number of benzene rings is 1. The van der Waals surface area contributed by atoms with E-state index in [2.05, 4.69) is 5.16 Å². The molecule has 2 aromatic heterocycles. The molecule has 1 aromatic carbocycles. The number of ether oxygens (including phenoxy) is 3. The highest BCUT2D eigenvalue weighted by atomic mass is 16.6. The van der Waals surface area contributed by atoms with E-state index >= 15 is 0 Å². The number of esters is 1. The zero-order valence-corrected chi connectivity index (χ0v) is 18.8. The van der Waals surface area contributed by atoms with Gasteiger partial charge >= 0.3 is 5.97 Å². The van der Waals surface area contributed by atoms with Gasteiger partial charge in [-0.3, -0.25) is 19.5 Å². The van der Waals surface area contributed by atoms with E-state index in [1.807, 2.05) is 0 Å². The van der Waals surface area contributed by atoms with E-state index in [0.29, 0.717) is 22.8 Å². The number of nitro benzene ring substituents is 1. The van der Waals surface area contributed by atoms with Crippen LogP contribution < -0.4 is 9.47 Å². The molecular formula is C22H23N3O8. The fourth-order valence-corrected chi connectivity index (χ4v) is 3.43. The molecule has 0 bridgehead atoms. The SMILES string of the molecule is CCOc1cc(C(=O)OCC(=O)c2cc(C)n(-c3cc(C)on3)c2C)c([N+](=O)[O-])cc1OC. The summed E-state index contributed by atoms with van der Waals surface area (Å²) in [5, 5.41) is 15.4. The number of methoxy groups -OCH3 is 1. The Bertz CT molecular complexity index is 1220. The molecule has 174 valence electrons. The predicted molar refractivity (Wildman–Crippen MR) is 115 cm³/mol. The zero-order chi connectivity index (χ0) is 24.3. The van der Waals surface area contributed by atoms with Crippen LogP contribution in [0.15, 0.2) is 28.8 Å². The average Bonchev–Trinajstić information content (AvgIpc) is 3.33. The van der Waals surface area contributed by atoms with Gasteiger partial charge in [-0.25, -0.2) is 4.79 Å². The Morgan fingerprint density at radius 3 is 2.42 bits per heavy atom. The van der Waals surface area contributed by atoms with Gasteiger partial charge in [-0.05, 0) is 33.8 Å². The molecule has 33 heavy (non-hydrogen) atoms. The molecule has 11 heteroatoms. The first-order valence-corrected chi connectivity index (χ1v) is 10.00. The fourth-order valence-electron chi connectivity index (χ4n) is 3.43. The Labute approximate surface area is 189 Å². The first-order chi connectivity index (χ1) is 15.7. The summed E-state index contributed by atoms with van der Waals surface area (Å²) in [5.74, 6) is -0.103. The van der Waals surface area contributed by atoms with Gasteiger partial charge in [0, 0.05) is 29.1 Å². The van der Waals surface area contributed by atoms with E-state index in [9.17, 15) is 19.7 Å². The molecule has 0 N–H and O–H groups in total. The van der Waals surface area contributed by atoms with E-state index in [1.54, 1.807) is 44.4 Å². The monoisotopic (exact) mass is 457 g/mol. The fraction of sp³-hybridized carbons (Fsp3) is 0.318. The van der Waals surface area contributed by atoms with Crippen LogP contribution in [0.25, 0.3) is 5.82 Å². The Morgan fingerprint density at radius 1 is 1.12 bits per heavy atom. The Kier molecular flexibility index (Phi) is 6.80. The lowest BCUT2D eigenvalue weighted by molar-refractivity contribution is -0.385. The molecule has 0 aliphatic rings.